The lowest BCUT2D eigenvalue weighted by Crippen LogP contribution is -2.59. The minimum Gasteiger partial charge on any atom is -0.312 e. The summed E-state index contributed by atoms with van der Waals surface area (Å²) in [5, 5.41) is 11.3. The normalized spacial score (nSPS) is 41.8. The molecule has 3 rings (SSSR count). The summed E-state index contributed by atoms with van der Waals surface area (Å²) in [6.07, 6.45) is 14.1. The molecule has 0 spiro atoms. The molecule has 3 heteroatoms. The van der Waals surface area contributed by atoms with Gasteiger partial charge in [-0.15, -0.1) is 0 Å². The monoisotopic (exact) mass is 249 g/mol. The van der Waals surface area contributed by atoms with E-state index >= 15 is 0 Å². The predicted octanol–water partition coefficient (Wildman–Crippen LogP) is 1.56. The molecule has 2 saturated heterocycles. The Kier molecular flexibility index (Phi) is 4.34. The molecule has 102 valence electrons. The van der Waals surface area contributed by atoms with Crippen molar-refractivity contribution in [3.63, 3.8) is 0 Å². The molecule has 0 aromatic heterocycles. The molecule has 0 aromatic carbocycles. The predicted molar refractivity (Wildman–Crippen MR) is 75.8 cm³/mol. The Hall–Kier alpha value is -0.380. The molecule has 4 atom stereocenters. The van der Waals surface area contributed by atoms with Gasteiger partial charge in [0.2, 0.25) is 0 Å². The van der Waals surface area contributed by atoms with E-state index in [4.69, 9.17) is 0 Å². The third kappa shape index (κ3) is 2.95. The summed E-state index contributed by atoms with van der Waals surface area (Å²) in [6, 6.07) is 2.54. The molecule has 3 aliphatic heterocycles. The van der Waals surface area contributed by atoms with Crippen molar-refractivity contribution in [2.45, 2.75) is 69.1 Å². The quantitative estimate of drug-likeness (QED) is 0.650. The van der Waals surface area contributed by atoms with E-state index in [0.29, 0.717) is 24.2 Å². The second-order valence-electron chi connectivity index (χ2n) is 6.08. The molecule has 0 aromatic rings. The van der Waals surface area contributed by atoms with Crippen LogP contribution in [0.2, 0.25) is 0 Å². The fraction of sp³-hybridized carbons (Fsp3) is 0.867. The van der Waals surface area contributed by atoms with E-state index in [0.717, 1.165) is 0 Å². The SMILES string of the molecule is C1=CC(C2CCCCN2)NC(C2CCCCN2)C1. The zero-order valence-corrected chi connectivity index (χ0v) is 11.3. The van der Waals surface area contributed by atoms with Crippen molar-refractivity contribution in [2.75, 3.05) is 13.1 Å². The molecule has 0 radical (unpaired) electrons. The smallest absolute Gasteiger partial charge is 0.0408 e. The van der Waals surface area contributed by atoms with Crippen LogP contribution in [0, 0.1) is 0 Å². The lowest BCUT2D eigenvalue weighted by atomic mass is 9.89. The van der Waals surface area contributed by atoms with Crippen molar-refractivity contribution in [3.05, 3.63) is 12.2 Å². The second-order valence-corrected chi connectivity index (χ2v) is 6.08. The summed E-state index contributed by atoms with van der Waals surface area (Å²) in [4.78, 5) is 0. The topological polar surface area (TPSA) is 36.1 Å². The molecule has 0 saturated carbocycles. The molecule has 0 bridgehead atoms. The van der Waals surface area contributed by atoms with Crippen molar-refractivity contribution >= 4 is 0 Å². The Labute approximate surface area is 111 Å². The van der Waals surface area contributed by atoms with Crippen LogP contribution >= 0.6 is 0 Å². The first-order chi connectivity index (χ1) is 8.93. The Balaban J connectivity index is 1.57. The number of rotatable bonds is 2. The van der Waals surface area contributed by atoms with Gasteiger partial charge in [0.25, 0.3) is 0 Å². The Morgan fingerprint density at radius 3 is 2.17 bits per heavy atom. The third-order valence-corrected chi connectivity index (χ3v) is 4.76. The van der Waals surface area contributed by atoms with E-state index in [2.05, 4.69) is 28.1 Å². The number of hydrogen-bond donors (Lipinski definition) is 3. The number of hydrogen-bond acceptors (Lipinski definition) is 3. The van der Waals surface area contributed by atoms with Crippen LogP contribution in [-0.2, 0) is 0 Å². The summed E-state index contributed by atoms with van der Waals surface area (Å²) < 4.78 is 0. The van der Waals surface area contributed by atoms with Gasteiger partial charge in [-0.25, -0.2) is 0 Å². The largest absolute Gasteiger partial charge is 0.312 e. The highest BCUT2D eigenvalue weighted by Gasteiger charge is 2.30. The maximum absolute atomic E-state index is 3.88. The van der Waals surface area contributed by atoms with Gasteiger partial charge in [0.05, 0.1) is 0 Å². The van der Waals surface area contributed by atoms with Crippen LogP contribution in [0.3, 0.4) is 0 Å². The van der Waals surface area contributed by atoms with Gasteiger partial charge in [-0.05, 0) is 45.2 Å². The molecule has 3 heterocycles. The Bertz CT molecular complexity index is 277. The maximum atomic E-state index is 3.88. The molecule has 3 nitrogen and oxygen atoms in total. The van der Waals surface area contributed by atoms with E-state index in [1.54, 1.807) is 0 Å². The van der Waals surface area contributed by atoms with Gasteiger partial charge in [-0.3, -0.25) is 0 Å². The molecule has 0 amide bonds. The number of nitrogens with one attached hydrogen (secondary N) is 3. The van der Waals surface area contributed by atoms with Gasteiger partial charge in [-0.1, -0.05) is 25.0 Å². The molecule has 18 heavy (non-hydrogen) atoms. The highest BCUT2D eigenvalue weighted by atomic mass is 15.1. The molecular weight excluding hydrogens is 222 g/mol. The minimum absolute atomic E-state index is 0.549. The van der Waals surface area contributed by atoms with Crippen molar-refractivity contribution in [3.8, 4) is 0 Å². The van der Waals surface area contributed by atoms with Crippen molar-refractivity contribution in [1.82, 2.24) is 16.0 Å². The highest BCUT2D eigenvalue weighted by Crippen LogP contribution is 2.20. The van der Waals surface area contributed by atoms with E-state index in [1.165, 1.54) is 58.0 Å². The molecule has 4 unspecified atom stereocenters. The van der Waals surface area contributed by atoms with Gasteiger partial charge in [0.1, 0.15) is 0 Å². The summed E-state index contributed by atoms with van der Waals surface area (Å²) >= 11 is 0. The van der Waals surface area contributed by atoms with Crippen LogP contribution in [0.15, 0.2) is 12.2 Å². The van der Waals surface area contributed by atoms with Gasteiger partial charge in [0, 0.05) is 24.2 Å². The third-order valence-electron chi connectivity index (χ3n) is 4.76. The fourth-order valence-electron chi connectivity index (χ4n) is 3.68. The van der Waals surface area contributed by atoms with Crippen LogP contribution in [0.5, 0.6) is 0 Å². The first kappa shape index (κ1) is 12.6. The molecular formula is C15H27N3. The van der Waals surface area contributed by atoms with Crippen molar-refractivity contribution < 1.29 is 0 Å². The Morgan fingerprint density at radius 2 is 1.50 bits per heavy atom. The van der Waals surface area contributed by atoms with Crippen LogP contribution < -0.4 is 16.0 Å². The van der Waals surface area contributed by atoms with Crippen molar-refractivity contribution in [2.24, 2.45) is 0 Å². The van der Waals surface area contributed by atoms with Gasteiger partial charge in [0.15, 0.2) is 0 Å². The fourth-order valence-corrected chi connectivity index (χ4v) is 3.68. The zero-order valence-electron chi connectivity index (χ0n) is 11.3. The average Bonchev–Trinajstić information content (AvgIpc) is 2.49. The molecule has 3 N–H and O–H groups in total. The summed E-state index contributed by atoms with van der Waals surface area (Å²) in [5.41, 5.74) is 0. The maximum Gasteiger partial charge on any atom is 0.0408 e. The first-order valence-electron chi connectivity index (χ1n) is 7.83. The van der Waals surface area contributed by atoms with Crippen LogP contribution in [0.1, 0.15) is 44.9 Å². The minimum atomic E-state index is 0.549. The Morgan fingerprint density at radius 1 is 0.778 bits per heavy atom. The number of piperidine rings is 2. The second kappa shape index (κ2) is 6.18. The standard InChI is InChI=1S/C15H27N3/c1-3-10-16-12(6-1)14-8-5-9-15(18-14)13-7-2-4-11-17-13/h5,8,12-18H,1-4,6-7,9-11H2. The van der Waals surface area contributed by atoms with E-state index < -0.39 is 0 Å². The molecule has 2 fully saturated rings. The summed E-state index contributed by atoms with van der Waals surface area (Å²) in [6.45, 7) is 2.40. The first-order valence-corrected chi connectivity index (χ1v) is 7.83. The van der Waals surface area contributed by atoms with Crippen LogP contribution in [0.25, 0.3) is 0 Å². The van der Waals surface area contributed by atoms with E-state index in [1.807, 2.05) is 0 Å². The van der Waals surface area contributed by atoms with E-state index in [9.17, 15) is 0 Å². The lowest BCUT2D eigenvalue weighted by Gasteiger charge is -2.39. The highest BCUT2D eigenvalue weighted by molar-refractivity contribution is 5.09. The van der Waals surface area contributed by atoms with Crippen LogP contribution in [0.4, 0.5) is 0 Å². The van der Waals surface area contributed by atoms with E-state index in [-0.39, 0.29) is 0 Å². The van der Waals surface area contributed by atoms with Crippen molar-refractivity contribution in [1.29, 1.82) is 0 Å². The lowest BCUT2D eigenvalue weighted by molar-refractivity contribution is 0.258. The summed E-state index contributed by atoms with van der Waals surface area (Å²) in [7, 11) is 0. The zero-order chi connectivity index (χ0) is 12.2. The van der Waals surface area contributed by atoms with Crippen LogP contribution in [-0.4, -0.2) is 37.3 Å². The average molecular weight is 249 g/mol. The van der Waals surface area contributed by atoms with Gasteiger partial charge < -0.3 is 16.0 Å². The molecule has 3 aliphatic rings. The molecule has 0 aliphatic carbocycles. The summed E-state index contributed by atoms with van der Waals surface area (Å²) in [5.74, 6) is 0. The van der Waals surface area contributed by atoms with Gasteiger partial charge >= 0.3 is 0 Å². The van der Waals surface area contributed by atoms with Gasteiger partial charge in [-0.2, -0.15) is 0 Å².